The van der Waals surface area contributed by atoms with Gasteiger partial charge in [0.1, 0.15) is 12.1 Å². The molecular weight excluding hydrogens is 754 g/mol. The van der Waals surface area contributed by atoms with Crippen molar-refractivity contribution in [3.05, 3.63) is 142 Å². The fraction of sp³-hybridized carbons (Fsp3) is 0.0769. The van der Waals surface area contributed by atoms with Crippen LogP contribution in [0, 0.1) is 22.7 Å². The number of nitrogens with zero attached hydrogens (tertiary/aromatic N) is 8. The van der Waals surface area contributed by atoms with Crippen LogP contribution >= 0.6 is 23.2 Å². The molecule has 2 aromatic carbocycles. The van der Waals surface area contributed by atoms with Gasteiger partial charge in [-0.15, -0.1) is 0 Å². The average Bonchev–Trinajstić information content (AvgIpc) is 3.73. The molecule has 0 atom stereocenters. The number of carbonyl (C=O) groups is 2. The average molecular weight is 782 g/mol. The number of carboxylic acid groups (broad SMARTS) is 1. The van der Waals surface area contributed by atoms with Crippen LogP contribution in [0.4, 0.5) is 0 Å². The summed E-state index contributed by atoms with van der Waals surface area (Å²) in [5.41, 5.74) is 5.94. The minimum absolute atomic E-state index is 0. The molecule has 14 nitrogen and oxygen atoms in total. The number of nitriles is 2. The van der Waals surface area contributed by atoms with E-state index in [1.807, 2.05) is 59.2 Å². The van der Waals surface area contributed by atoms with Gasteiger partial charge in [0.2, 0.25) is 0 Å². The molecule has 8 rings (SSSR count). The van der Waals surface area contributed by atoms with Gasteiger partial charge in [-0.2, -0.15) is 10.5 Å². The molecule has 0 spiro atoms. The number of hydrogen-bond acceptors (Lipinski definition) is 10. The summed E-state index contributed by atoms with van der Waals surface area (Å²) in [6, 6.07) is 19.5. The number of aromatic carboxylic acids is 1. The van der Waals surface area contributed by atoms with Gasteiger partial charge in [-0.05, 0) is 47.5 Å². The maximum atomic E-state index is 12.2. The zero-order chi connectivity index (χ0) is 37.2. The summed E-state index contributed by atoms with van der Waals surface area (Å²) in [6.45, 7) is 0.926. The number of carboxylic acids is 1. The number of ether oxygens (including phenoxy) is 1. The second-order valence-electron chi connectivity index (χ2n) is 11.9. The molecule has 8 aromatic rings. The predicted molar refractivity (Wildman–Crippen MR) is 204 cm³/mol. The molecule has 0 radical (unpaired) electrons. The number of benzene rings is 2. The first-order chi connectivity index (χ1) is 25.7. The fourth-order valence-corrected chi connectivity index (χ4v) is 6.57. The van der Waals surface area contributed by atoms with Gasteiger partial charge in [0.25, 0.3) is 0 Å². The number of hydrogen-bond donors (Lipinski definition) is 1. The summed E-state index contributed by atoms with van der Waals surface area (Å²) in [5, 5.41) is 32.1. The minimum Gasteiger partial charge on any atom is -0.870 e. The standard InChI is InChI=1S/C20H13ClN4O2.C19H11ClN4O2.Li.2H2O/c1-27-20(26)16-11-25(18-9-23-7-14(6-22)19(16)18)10-12-2-3-17-13(4-12)5-15(21)8-24-17;20-14-4-12-3-11(1-2-16(12)23-7-14)9-24-10-15(19(25)26)18-13(5-21)6-22-8-17(18)24;;;/h2-5,7-9,11H,10H2,1H3;1-4,6-8,10H,9H2,(H,25,26);;2*1H2/q;;+1;;/p-1. The summed E-state index contributed by atoms with van der Waals surface area (Å²) >= 11 is 12.0. The molecule has 0 saturated carbocycles. The summed E-state index contributed by atoms with van der Waals surface area (Å²) in [5.74, 6) is -1.57. The molecule has 6 aromatic heterocycles. The van der Waals surface area contributed by atoms with Crippen LogP contribution in [0.25, 0.3) is 43.6 Å². The molecule has 274 valence electrons. The number of carbonyl (C=O) groups excluding carboxylic acids is 1. The number of aromatic nitrogens is 6. The first-order valence-corrected chi connectivity index (χ1v) is 16.6. The Morgan fingerprint density at radius 2 is 1.18 bits per heavy atom. The van der Waals surface area contributed by atoms with Gasteiger partial charge in [0.15, 0.2) is 0 Å². The van der Waals surface area contributed by atoms with E-state index in [2.05, 4.69) is 26.0 Å². The van der Waals surface area contributed by atoms with Crippen LogP contribution in [0.5, 0.6) is 0 Å². The number of pyridine rings is 4. The van der Waals surface area contributed by atoms with E-state index in [-0.39, 0.29) is 40.9 Å². The molecule has 0 aliphatic carbocycles. The van der Waals surface area contributed by atoms with Crippen molar-refractivity contribution in [2.75, 3.05) is 7.11 Å². The molecule has 17 heteroatoms. The van der Waals surface area contributed by atoms with Crippen molar-refractivity contribution < 1.29 is 49.2 Å². The van der Waals surface area contributed by atoms with Crippen LogP contribution in [-0.4, -0.2) is 64.2 Å². The Hall–Kier alpha value is -6.34. The van der Waals surface area contributed by atoms with Crippen molar-refractivity contribution in [1.29, 1.82) is 10.5 Å². The summed E-state index contributed by atoms with van der Waals surface area (Å²) in [6.07, 6.45) is 12.5. The SMILES string of the molecule is COC(=O)c1cn(Cc2ccc3ncc(Cl)cc3c2)c2cncc(C#N)c12.N#Cc1cncc2c1c(C(=O)O)cn2Cc1ccc2ncc(Cl)cc2c1.O.[Li+].[OH-]. The fourth-order valence-electron chi connectivity index (χ4n) is 6.24. The van der Waals surface area contributed by atoms with E-state index >= 15 is 0 Å². The molecule has 6 heterocycles. The Kier molecular flexibility index (Phi) is 13.5. The third-order valence-electron chi connectivity index (χ3n) is 8.59. The summed E-state index contributed by atoms with van der Waals surface area (Å²) in [7, 11) is 1.32. The van der Waals surface area contributed by atoms with Crippen LogP contribution in [0.15, 0.2) is 98.1 Å². The number of esters is 1. The van der Waals surface area contributed by atoms with Gasteiger partial charge in [-0.3, -0.25) is 19.9 Å². The molecule has 56 heavy (non-hydrogen) atoms. The van der Waals surface area contributed by atoms with E-state index in [9.17, 15) is 25.2 Å². The molecule has 0 saturated heterocycles. The van der Waals surface area contributed by atoms with E-state index in [1.54, 1.807) is 35.6 Å². The van der Waals surface area contributed by atoms with E-state index in [0.717, 1.165) is 32.9 Å². The van der Waals surface area contributed by atoms with Gasteiger partial charge in [-0.25, -0.2) is 9.59 Å². The first-order valence-electron chi connectivity index (χ1n) is 15.8. The molecular formula is C39H27Cl2LiN8O6. The Balaban J connectivity index is 0.000000236. The van der Waals surface area contributed by atoms with Gasteiger partial charge < -0.3 is 29.9 Å². The molecule has 0 amide bonds. The van der Waals surface area contributed by atoms with Gasteiger partial charge >= 0.3 is 30.8 Å². The van der Waals surface area contributed by atoms with Crippen LogP contribution in [0.2, 0.25) is 10.0 Å². The molecule has 0 aliphatic heterocycles. The molecule has 0 unspecified atom stereocenters. The smallest absolute Gasteiger partial charge is 0.870 e. The number of methoxy groups -OCH3 is 1. The number of rotatable bonds is 6. The van der Waals surface area contributed by atoms with Crippen LogP contribution < -0.4 is 18.9 Å². The van der Waals surface area contributed by atoms with Crippen LogP contribution in [0.3, 0.4) is 0 Å². The maximum absolute atomic E-state index is 12.2. The Morgan fingerprint density at radius 3 is 1.61 bits per heavy atom. The van der Waals surface area contributed by atoms with Crippen molar-refractivity contribution in [2.24, 2.45) is 0 Å². The van der Waals surface area contributed by atoms with E-state index in [1.165, 1.54) is 25.7 Å². The quantitative estimate of drug-likeness (QED) is 0.188. The Labute approximate surface area is 339 Å². The van der Waals surface area contributed by atoms with Crippen molar-refractivity contribution in [3.8, 4) is 12.1 Å². The van der Waals surface area contributed by atoms with Crippen molar-refractivity contribution in [3.63, 3.8) is 0 Å². The number of halogens is 2. The molecule has 4 N–H and O–H groups in total. The van der Waals surface area contributed by atoms with Crippen LogP contribution in [0.1, 0.15) is 43.0 Å². The monoisotopic (exact) mass is 780 g/mol. The zero-order valence-corrected chi connectivity index (χ0v) is 31.1. The predicted octanol–water partition coefficient (Wildman–Crippen LogP) is 3.80. The molecule has 0 bridgehead atoms. The maximum Gasteiger partial charge on any atom is 1.00 e. The van der Waals surface area contributed by atoms with Crippen molar-refractivity contribution >= 4 is 78.8 Å². The summed E-state index contributed by atoms with van der Waals surface area (Å²) in [4.78, 5) is 40.5. The first kappa shape index (κ1) is 42.4. The van der Waals surface area contributed by atoms with Gasteiger partial charge in [0.05, 0.1) is 73.9 Å². The third-order valence-corrected chi connectivity index (χ3v) is 9.00. The van der Waals surface area contributed by atoms with Gasteiger partial charge in [0, 0.05) is 71.8 Å². The largest absolute Gasteiger partial charge is 1.00 e. The Morgan fingerprint density at radius 1 is 0.732 bits per heavy atom. The Bertz CT molecular complexity index is 2870. The van der Waals surface area contributed by atoms with Crippen LogP contribution in [-0.2, 0) is 17.8 Å². The zero-order valence-electron chi connectivity index (χ0n) is 29.6. The summed E-state index contributed by atoms with van der Waals surface area (Å²) < 4.78 is 8.54. The van der Waals surface area contributed by atoms with Crippen molar-refractivity contribution in [1.82, 2.24) is 29.1 Å². The number of fused-ring (bicyclic) bond motifs is 4. The second-order valence-corrected chi connectivity index (χ2v) is 12.8. The van der Waals surface area contributed by atoms with E-state index in [4.69, 9.17) is 27.9 Å². The van der Waals surface area contributed by atoms with E-state index in [0.29, 0.717) is 56.1 Å². The van der Waals surface area contributed by atoms with E-state index < -0.39 is 11.9 Å². The van der Waals surface area contributed by atoms with Crippen molar-refractivity contribution in [2.45, 2.75) is 13.1 Å². The molecule has 0 fully saturated rings. The second kappa shape index (κ2) is 17.9. The third kappa shape index (κ3) is 8.32. The minimum atomic E-state index is -1.08. The normalized spacial score (nSPS) is 10.3. The van der Waals surface area contributed by atoms with Gasteiger partial charge in [-0.1, -0.05) is 35.3 Å². The molecule has 0 aliphatic rings. The topological polar surface area (TPSA) is 234 Å².